The van der Waals surface area contributed by atoms with Gasteiger partial charge in [0, 0.05) is 30.8 Å². The number of fused-ring (bicyclic) bond motifs is 1. The summed E-state index contributed by atoms with van der Waals surface area (Å²) in [4.78, 5) is 14.2. The van der Waals surface area contributed by atoms with E-state index in [1.54, 1.807) is 17.0 Å². The first-order valence-corrected chi connectivity index (χ1v) is 7.03. The Morgan fingerprint density at radius 2 is 2.00 bits per heavy atom. The predicted molar refractivity (Wildman–Crippen MR) is 79.2 cm³/mol. The van der Waals surface area contributed by atoms with Crippen molar-refractivity contribution >= 4 is 5.91 Å². The molecule has 0 aliphatic carbocycles. The molecule has 0 bridgehead atoms. The number of carbonyl (C=O) groups is 1. The molecule has 1 heterocycles. The highest BCUT2D eigenvalue weighted by Crippen LogP contribution is 2.21. The van der Waals surface area contributed by atoms with Gasteiger partial charge in [-0.1, -0.05) is 24.3 Å². The Bertz CT molecular complexity index is 684. The van der Waals surface area contributed by atoms with Gasteiger partial charge in [-0.15, -0.1) is 0 Å². The highest BCUT2D eigenvalue weighted by molar-refractivity contribution is 5.96. The van der Waals surface area contributed by atoms with Crippen LogP contribution < -0.4 is 5.73 Å². The Morgan fingerprint density at radius 1 is 1.19 bits per heavy atom. The minimum Gasteiger partial charge on any atom is -0.334 e. The first kappa shape index (κ1) is 13.8. The molecule has 0 saturated heterocycles. The van der Waals surface area contributed by atoms with E-state index >= 15 is 0 Å². The number of amides is 1. The Morgan fingerprint density at radius 3 is 2.81 bits per heavy atom. The topological polar surface area (TPSA) is 46.3 Å². The molecule has 0 aromatic heterocycles. The van der Waals surface area contributed by atoms with Crippen molar-refractivity contribution in [2.45, 2.75) is 19.5 Å². The molecule has 2 aromatic carbocycles. The van der Waals surface area contributed by atoms with Crippen LogP contribution in [-0.4, -0.2) is 17.4 Å². The zero-order valence-electron chi connectivity index (χ0n) is 11.7. The first-order chi connectivity index (χ1) is 10.2. The molecule has 1 aliphatic heterocycles. The Labute approximate surface area is 123 Å². The fourth-order valence-electron chi connectivity index (χ4n) is 2.71. The van der Waals surface area contributed by atoms with Crippen LogP contribution >= 0.6 is 0 Å². The lowest BCUT2D eigenvalue weighted by Gasteiger charge is -2.28. The number of carbonyl (C=O) groups excluding carboxylic acids is 1. The molecule has 3 nitrogen and oxygen atoms in total. The molecule has 0 radical (unpaired) electrons. The summed E-state index contributed by atoms with van der Waals surface area (Å²) >= 11 is 0. The number of rotatable bonds is 3. The normalized spacial score (nSPS) is 14.2. The molecular weight excluding hydrogens is 267 g/mol. The van der Waals surface area contributed by atoms with Crippen molar-refractivity contribution in [2.75, 3.05) is 6.54 Å². The maximum atomic E-state index is 13.9. The van der Waals surface area contributed by atoms with Crippen LogP contribution in [0.25, 0.3) is 0 Å². The molecule has 0 fully saturated rings. The van der Waals surface area contributed by atoms with Crippen molar-refractivity contribution in [3.8, 4) is 0 Å². The van der Waals surface area contributed by atoms with E-state index in [2.05, 4.69) is 0 Å². The van der Waals surface area contributed by atoms with Gasteiger partial charge >= 0.3 is 0 Å². The average molecular weight is 284 g/mol. The summed E-state index contributed by atoms with van der Waals surface area (Å²) in [6.07, 6.45) is 0.806. The van der Waals surface area contributed by atoms with Gasteiger partial charge in [-0.3, -0.25) is 4.79 Å². The second-order valence-corrected chi connectivity index (χ2v) is 5.26. The Kier molecular flexibility index (Phi) is 3.71. The Hall–Kier alpha value is -2.20. The van der Waals surface area contributed by atoms with E-state index in [9.17, 15) is 9.18 Å². The SMILES string of the molecule is NCc1ccc(F)c(CN2CCc3ccccc3C2=O)c1. The molecule has 0 unspecified atom stereocenters. The van der Waals surface area contributed by atoms with Crippen molar-refractivity contribution in [1.29, 1.82) is 0 Å². The van der Waals surface area contributed by atoms with Crippen molar-refractivity contribution in [2.24, 2.45) is 5.73 Å². The molecule has 0 atom stereocenters. The van der Waals surface area contributed by atoms with Crippen LogP contribution in [0.1, 0.15) is 27.0 Å². The van der Waals surface area contributed by atoms with Gasteiger partial charge in [-0.05, 0) is 35.7 Å². The third kappa shape index (κ3) is 2.67. The smallest absolute Gasteiger partial charge is 0.254 e. The highest BCUT2D eigenvalue weighted by Gasteiger charge is 2.24. The van der Waals surface area contributed by atoms with Gasteiger partial charge in [0.05, 0.1) is 0 Å². The number of halogens is 1. The standard InChI is InChI=1S/C17H17FN2O/c18-16-6-5-12(10-19)9-14(16)11-20-8-7-13-3-1-2-4-15(13)17(20)21/h1-6,9H,7-8,10-11,19H2. The minimum absolute atomic E-state index is 0.0330. The molecule has 2 aromatic rings. The van der Waals surface area contributed by atoms with E-state index in [4.69, 9.17) is 5.73 Å². The van der Waals surface area contributed by atoms with Gasteiger partial charge in [-0.2, -0.15) is 0 Å². The van der Waals surface area contributed by atoms with E-state index in [1.807, 2.05) is 24.3 Å². The lowest BCUT2D eigenvalue weighted by Crippen LogP contribution is -2.37. The zero-order valence-corrected chi connectivity index (χ0v) is 11.7. The van der Waals surface area contributed by atoms with Crippen molar-refractivity contribution in [3.63, 3.8) is 0 Å². The fraction of sp³-hybridized carbons (Fsp3) is 0.235. The van der Waals surface area contributed by atoms with Crippen LogP contribution in [0.4, 0.5) is 4.39 Å². The van der Waals surface area contributed by atoms with Gasteiger partial charge in [-0.25, -0.2) is 4.39 Å². The molecule has 0 saturated carbocycles. The van der Waals surface area contributed by atoms with Gasteiger partial charge in [0.2, 0.25) is 0 Å². The van der Waals surface area contributed by atoms with Crippen molar-refractivity contribution in [3.05, 3.63) is 70.5 Å². The number of hydrogen-bond donors (Lipinski definition) is 1. The molecule has 0 spiro atoms. The van der Waals surface area contributed by atoms with Crippen LogP contribution in [0.3, 0.4) is 0 Å². The maximum absolute atomic E-state index is 13.9. The lowest BCUT2D eigenvalue weighted by atomic mass is 9.98. The van der Waals surface area contributed by atoms with Gasteiger partial charge in [0.15, 0.2) is 0 Å². The second kappa shape index (κ2) is 5.66. The molecular formula is C17H17FN2O. The van der Waals surface area contributed by atoms with E-state index in [0.29, 0.717) is 18.7 Å². The molecule has 1 amide bonds. The summed E-state index contributed by atoms with van der Waals surface area (Å²) in [6.45, 7) is 1.26. The maximum Gasteiger partial charge on any atom is 0.254 e. The number of nitrogens with zero attached hydrogens (tertiary/aromatic N) is 1. The molecule has 2 N–H and O–H groups in total. The summed E-state index contributed by atoms with van der Waals surface area (Å²) in [5.74, 6) is -0.326. The predicted octanol–water partition coefficient (Wildman–Crippen LogP) is 2.48. The van der Waals surface area contributed by atoms with Crippen LogP contribution in [0.5, 0.6) is 0 Å². The summed E-state index contributed by atoms with van der Waals surface area (Å²) < 4.78 is 13.9. The third-order valence-corrected chi connectivity index (χ3v) is 3.89. The minimum atomic E-state index is -0.293. The van der Waals surface area contributed by atoms with Crippen LogP contribution in [0, 0.1) is 5.82 Å². The first-order valence-electron chi connectivity index (χ1n) is 7.03. The van der Waals surface area contributed by atoms with Gasteiger partial charge in [0.25, 0.3) is 5.91 Å². The van der Waals surface area contributed by atoms with E-state index in [0.717, 1.165) is 23.1 Å². The van der Waals surface area contributed by atoms with E-state index in [-0.39, 0.29) is 18.3 Å². The molecule has 3 rings (SSSR count). The van der Waals surface area contributed by atoms with E-state index < -0.39 is 0 Å². The second-order valence-electron chi connectivity index (χ2n) is 5.26. The van der Waals surface area contributed by atoms with Crippen LogP contribution in [0.2, 0.25) is 0 Å². The van der Waals surface area contributed by atoms with Gasteiger partial charge < -0.3 is 10.6 Å². The molecule has 21 heavy (non-hydrogen) atoms. The fourth-order valence-corrected chi connectivity index (χ4v) is 2.71. The summed E-state index contributed by atoms with van der Waals surface area (Å²) in [7, 11) is 0. The summed E-state index contributed by atoms with van der Waals surface area (Å²) in [5.41, 5.74) is 8.77. The average Bonchev–Trinajstić information content (AvgIpc) is 2.52. The summed E-state index contributed by atoms with van der Waals surface area (Å²) in [5, 5.41) is 0. The molecule has 4 heteroatoms. The third-order valence-electron chi connectivity index (χ3n) is 3.89. The van der Waals surface area contributed by atoms with Gasteiger partial charge in [0.1, 0.15) is 5.82 Å². The number of nitrogens with two attached hydrogens (primary N) is 1. The van der Waals surface area contributed by atoms with Crippen molar-refractivity contribution in [1.82, 2.24) is 4.90 Å². The monoisotopic (exact) mass is 284 g/mol. The lowest BCUT2D eigenvalue weighted by molar-refractivity contribution is 0.0725. The number of benzene rings is 2. The van der Waals surface area contributed by atoms with E-state index in [1.165, 1.54) is 6.07 Å². The quantitative estimate of drug-likeness (QED) is 0.941. The van der Waals surface area contributed by atoms with Crippen LogP contribution in [0.15, 0.2) is 42.5 Å². The number of hydrogen-bond acceptors (Lipinski definition) is 2. The zero-order chi connectivity index (χ0) is 14.8. The van der Waals surface area contributed by atoms with Crippen LogP contribution in [-0.2, 0) is 19.5 Å². The van der Waals surface area contributed by atoms with Crippen molar-refractivity contribution < 1.29 is 9.18 Å². The summed E-state index contributed by atoms with van der Waals surface area (Å²) in [6, 6.07) is 12.4. The Balaban J connectivity index is 1.85. The molecule has 108 valence electrons. The highest BCUT2D eigenvalue weighted by atomic mass is 19.1. The largest absolute Gasteiger partial charge is 0.334 e. The molecule has 1 aliphatic rings.